The van der Waals surface area contributed by atoms with E-state index in [1.165, 1.54) is 5.56 Å². The molecule has 0 saturated heterocycles. The largest absolute Gasteiger partial charge is 0.258 e. The van der Waals surface area contributed by atoms with Crippen LogP contribution in [0.5, 0.6) is 0 Å². The summed E-state index contributed by atoms with van der Waals surface area (Å²) < 4.78 is 2.76. The smallest absolute Gasteiger partial charge is 0.136 e. The second-order valence-corrected chi connectivity index (χ2v) is 5.23. The average Bonchev–Trinajstić information content (AvgIpc) is 2.69. The van der Waals surface area contributed by atoms with Crippen LogP contribution in [-0.2, 0) is 6.54 Å². The van der Waals surface area contributed by atoms with Gasteiger partial charge in [0.05, 0.1) is 17.1 Å². The third-order valence-electron chi connectivity index (χ3n) is 2.85. The normalized spacial score (nSPS) is 11.0. The molecule has 0 saturated carbocycles. The van der Waals surface area contributed by atoms with Crippen LogP contribution >= 0.6 is 27.5 Å². The van der Waals surface area contributed by atoms with Gasteiger partial charge in [0, 0.05) is 5.39 Å². The van der Waals surface area contributed by atoms with Crippen molar-refractivity contribution >= 4 is 38.4 Å². The van der Waals surface area contributed by atoms with Crippen molar-refractivity contribution in [1.82, 2.24) is 9.78 Å². The minimum absolute atomic E-state index is 0.715. The van der Waals surface area contributed by atoms with Crippen molar-refractivity contribution in [1.29, 1.82) is 0 Å². The van der Waals surface area contributed by atoms with E-state index in [-0.39, 0.29) is 0 Å². The predicted molar refractivity (Wildman–Crippen MR) is 78.0 cm³/mol. The lowest BCUT2D eigenvalue weighted by Crippen LogP contribution is -2.01. The van der Waals surface area contributed by atoms with Gasteiger partial charge in [-0.1, -0.05) is 48.0 Å². The monoisotopic (exact) mass is 320 g/mol. The number of rotatable bonds is 2. The van der Waals surface area contributed by atoms with E-state index >= 15 is 0 Å². The zero-order chi connectivity index (χ0) is 12.5. The minimum Gasteiger partial charge on any atom is -0.258 e. The van der Waals surface area contributed by atoms with Crippen LogP contribution in [0, 0.1) is 0 Å². The molecule has 0 N–H and O–H groups in total. The van der Waals surface area contributed by atoms with Gasteiger partial charge in [-0.05, 0) is 33.6 Å². The molecule has 0 radical (unpaired) electrons. The summed E-state index contributed by atoms with van der Waals surface area (Å²) in [6.07, 6.45) is 0. The third kappa shape index (κ3) is 2.04. The lowest BCUT2D eigenvalue weighted by Gasteiger charge is -2.04. The van der Waals surface area contributed by atoms with Crippen molar-refractivity contribution in [3.8, 4) is 0 Å². The molecule has 0 atom stereocenters. The Bertz CT molecular complexity index is 692. The molecule has 1 aromatic heterocycles. The Morgan fingerprint density at radius 1 is 1.06 bits per heavy atom. The van der Waals surface area contributed by atoms with Gasteiger partial charge in [0.15, 0.2) is 0 Å². The highest BCUT2D eigenvalue weighted by molar-refractivity contribution is 9.10. The van der Waals surface area contributed by atoms with Gasteiger partial charge in [-0.15, -0.1) is 0 Å². The molecule has 0 aliphatic carbocycles. The van der Waals surface area contributed by atoms with E-state index < -0.39 is 0 Å². The first-order valence-corrected chi connectivity index (χ1v) is 6.77. The Kier molecular flexibility index (Phi) is 3.10. The first kappa shape index (κ1) is 11.8. The van der Waals surface area contributed by atoms with E-state index in [4.69, 9.17) is 11.6 Å². The first-order chi connectivity index (χ1) is 8.75. The summed E-state index contributed by atoms with van der Waals surface area (Å²) >= 11 is 9.73. The minimum atomic E-state index is 0.715. The molecule has 90 valence electrons. The van der Waals surface area contributed by atoms with Gasteiger partial charge in [0.2, 0.25) is 0 Å². The summed E-state index contributed by atoms with van der Waals surface area (Å²) in [5.41, 5.74) is 2.17. The Balaban J connectivity index is 2.13. The molecule has 2 nitrogen and oxygen atoms in total. The maximum atomic E-state index is 6.26. The fourth-order valence-electron chi connectivity index (χ4n) is 2.02. The number of hydrogen-bond acceptors (Lipinski definition) is 1. The van der Waals surface area contributed by atoms with Gasteiger partial charge in [0.1, 0.15) is 4.60 Å². The molecule has 0 unspecified atom stereocenters. The number of halogens is 2. The number of para-hydroxylation sites is 1. The van der Waals surface area contributed by atoms with Gasteiger partial charge in [-0.3, -0.25) is 4.68 Å². The Morgan fingerprint density at radius 2 is 1.83 bits per heavy atom. The fourth-order valence-corrected chi connectivity index (χ4v) is 2.81. The molecule has 0 amide bonds. The topological polar surface area (TPSA) is 17.8 Å². The molecular formula is C14H10BrClN2. The number of fused-ring (bicyclic) bond motifs is 1. The molecule has 0 bridgehead atoms. The fraction of sp³-hybridized carbons (Fsp3) is 0.0714. The Labute approximate surface area is 118 Å². The highest BCUT2D eigenvalue weighted by Crippen LogP contribution is 2.29. The lowest BCUT2D eigenvalue weighted by atomic mass is 10.2. The first-order valence-electron chi connectivity index (χ1n) is 5.60. The number of nitrogens with zero attached hydrogens (tertiary/aromatic N) is 2. The number of hydrogen-bond donors (Lipinski definition) is 0. The van der Waals surface area contributed by atoms with E-state index in [2.05, 4.69) is 33.2 Å². The number of aromatic nitrogens is 2. The van der Waals surface area contributed by atoms with Crippen LogP contribution in [0.15, 0.2) is 53.1 Å². The molecule has 0 fully saturated rings. The molecule has 0 spiro atoms. The van der Waals surface area contributed by atoms with Crippen molar-refractivity contribution in [2.24, 2.45) is 0 Å². The van der Waals surface area contributed by atoms with Crippen molar-refractivity contribution < 1.29 is 0 Å². The highest BCUT2D eigenvalue weighted by atomic mass is 79.9. The van der Waals surface area contributed by atoms with Crippen LogP contribution < -0.4 is 0 Å². The van der Waals surface area contributed by atoms with Crippen LogP contribution in [-0.4, -0.2) is 9.78 Å². The van der Waals surface area contributed by atoms with Gasteiger partial charge in [0.25, 0.3) is 0 Å². The molecule has 3 aromatic rings. The van der Waals surface area contributed by atoms with Crippen molar-refractivity contribution in [2.45, 2.75) is 6.54 Å². The molecule has 3 rings (SSSR count). The van der Waals surface area contributed by atoms with Gasteiger partial charge < -0.3 is 0 Å². The molecule has 2 aromatic carbocycles. The molecular weight excluding hydrogens is 312 g/mol. The zero-order valence-corrected chi connectivity index (χ0v) is 11.8. The standard InChI is InChI=1S/C14H10BrClN2/c15-14-11-7-4-8-12(16)13(11)18(17-14)9-10-5-2-1-3-6-10/h1-8H,9H2. The van der Waals surface area contributed by atoms with Gasteiger partial charge >= 0.3 is 0 Å². The van der Waals surface area contributed by atoms with Crippen molar-refractivity contribution in [2.75, 3.05) is 0 Å². The summed E-state index contributed by atoms with van der Waals surface area (Å²) in [6, 6.07) is 16.1. The van der Waals surface area contributed by atoms with Crippen LogP contribution in [0.3, 0.4) is 0 Å². The van der Waals surface area contributed by atoms with Crippen LogP contribution in [0.1, 0.15) is 5.56 Å². The van der Waals surface area contributed by atoms with Crippen LogP contribution in [0.4, 0.5) is 0 Å². The third-order valence-corrected chi connectivity index (χ3v) is 3.74. The van der Waals surface area contributed by atoms with E-state index in [9.17, 15) is 0 Å². The molecule has 18 heavy (non-hydrogen) atoms. The SMILES string of the molecule is Clc1cccc2c(Br)nn(Cc3ccccc3)c12. The van der Waals surface area contributed by atoms with Crippen LogP contribution in [0.2, 0.25) is 5.02 Å². The maximum absolute atomic E-state index is 6.26. The van der Waals surface area contributed by atoms with E-state index in [0.717, 1.165) is 20.5 Å². The molecule has 1 heterocycles. The number of benzene rings is 2. The molecule has 0 aliphatic rings. The zero-order valence-electron chi connectivity index (χ0n) is 9.48. The van der Waals surface area contributed by atoms with E-state index in [0.29, 0.717) is 6.54 Å². The van der Waals surface area contributed by atoms with E-state index in [1.807, 2.05) is 41.1 Å². The summed E-state index contributed by atoms with van der Waals surface area (Å²) in [6.45, 7) is 0.715. The van der Waals surface area contributed by atoms with Crippen LogP contribution in [0.25, 0.3) is 10.9 Å². The molecule has 0 aliphatic heterocycles. The van der Waals surface area contributed by atoms with Crippen molar-refractivity contribution in [3.05, 3.63) is 63.7 Å². The molecule has 4 heteroatoms. The summed E-state index contributed by atoms with van der Waals surface area (Å²) in [5, 5.41) is 6.26. The maximum Gasteiger partial charge on any atom is 0.136 e. The van der Waals surface area contributed by atoms with Crippen molar-refractivity contribution in [3.63, 3.8) is 0 Å². The highest BCUT2D eigenvalue weighted by Gasteiger charge is 2.11. The summed E-state index contributed by atoms with van der Waals surface area (Å²) in [7, 11) is 0. The quantitative estimate of drug-likeness (QED) is 0.679. The summed E-state index contributed by atoms with van der Waals surface area (Å²) in [5.74, 6) is 0. The van der Waals surface area contributed by atoms with Gasteiger partial charge in [-0.25, -0.2) is 0 Å². The Morgan fingerprint density at radius 3 is 2.61 bits per heavy atom. The van der Waals surface area contributed by atoms with Gasteiger partial charge in [-0.2, -0.15) is 5.10 Å². The summed E-state index contributed by atoms with van der Waals surface area (Å²) in [4.78, 5) is 0. The lowest BCUT2D eigenvalue weighted by molar-refractivity contribution is 0.706. The average molecular weight is 322 g/mol. The predicted octanol–water partition coefficient (Wildman–Crippen LogP) is 4.50. The second kappa shape index (κ2) is 4.75. The van der Waals surface area contributed by atoms with E-state index in [1.54, 1.807) is 0 Å². The Hall–Kier alpha value is -1.32. The second-order valence-electron chi connectivity index (χ2n) is 4.07.